The Morgan fingerprint density at radius 3 is 1.93 bits per heavy atom. The van der Waals surface area contributed by atoms with Gasteiger partial charge < -0.3 is 9.71 Å². The Hall–Kier alpha value is -5.54. The second-order valence-corrected chi connectivity index (χ2v) is 18.5. The minimum absolute atomic E-state index is 0.00686. The fraction of sp³-hybridized carbons (Fsp3) is 0.231. The lowest BCUT2D eigenvalue weighted by Gasteiger charge is -2.51. The fourth-order valence-electron chi connectivity index (χ4n) is 10.8. The van der Waals surface area contributed by atoms with E-state index in [9.17, 15) is 0 Å². The maximum absolute atomic E-state index is 2.70. The molecule has 55 heavy (non-hydrogen) atoms. The number of hydrogen-bond donors (Lipinski definition) is 0. The molecule has 0 aromatic heterocycles. The molecule has 0 amide bonds. The predicted octanol–water partition coefficient (Wildman–Crippen LogP) is 12.5. The number of fused-ring (bicyclic) bond motifs is 8. The molecule has 0 saturated carbocycles. The molecule has 0 unspecified atom stereocenters. The molecule has 7 aromatic rings. The standard InChI is InChI=1S/C52H47BN2/c1-32-16-11-14-21-37(32)35-26-39-38-30-41-42(51(4,5)25-24-50(41,2)3)31-45(38)55(36-19-9-8-10-20-36)53-44-23-15-22-40-49(44)54(47(29-35)48(39)53)46-28-34-18-13-12-17-33(34)27-43(46)52(40,6)7/h8-23,26-31H,24-25H2,1-7H3. The smallest absolute Gasteiger partial charge is 0.333 e. The van der Waals surface area contributed by atoms with Crippen LogP contribution >= 0.6 is 0 Å². The van der Waals surface area contributed by atoms with Crippen LogP contribution in [0.5, 0.6) is 0 Å². The van der Waals surface area contributed by atoms with Crippen molar-refractivity contribution in [2.24, 2.45) is 0 Å². The molecule has 7 aromatic carbocycles. The largest absolute Gasteiger partial charge is 0.376 e. The number of para-hydroxylation sites is 2. The summed E-state index contributed by atoms with van der Waals surface area (Å²) in [6.07, 6.45) is 2.37. The lowest BCUT2D eigenvalue weighted by atomic mass is 9.42. The van der Waals surface area contributed by atoms with Crippen molar-refractivity contribution < 1.29 is 0 Å². The maximum Gasteiger partial charge on any atom is 0.333 e. The first-order valence-electron chi connectivity index (χ1n) is 20.2. The second-order valence-electron chi connectivity index (χ2n) is 18.5. The van der Waals surface area contributed by atoms with Crippen LogP contribution in [0.4, 0.5) is 28.4 Å². The predicted molar refractivity (Wildman–Crippen MR) is 235 cm³/mol. The van der Waals surface area contributed by atoms with E-state index < -0.39 is 0 Å². The third-order valence-corrected chi connectivity index (χ3v) is 14.0. The van der Waals surface area contributed by atoms with E-state index >= 15 is 0 Å². The zero-order valence-corrected chi connectivity index (χ0v) is 33.1. The molecule has 0 N–H and O–H groups in total. The van der Waals surface area contributed by atoms with Crippen LogP contribution in [-0.2, 0) is 16.2 Å². The monoisotopic (exact) mass is 710 g/mol. The molecule has 11 rings (SSSR count). The zero-order chi connectivity index (χ0) is 37.6. The quantitative estimate of drug-likeness (QED) is 0.165. The Balaban J connectivity index is 1.32. The Kier molecular flexibility index (Phi) is 6.59. The highest BCUT2D eigenvalue weighted by Crippen LogP contribution is 2.57. The van der Waals surface area contributed by atoms with Crippen LogP contribution in [0.2, 0.25) is 0 Å². The average Bonchev–Trinajstić information content (AvgIpc) is 3.18. The van der Waals surface area contributed by atoms with E-state index in [4.69, 9.17) is 0 Å². The molecule has 0 spiro atoms. The summed E-state index contributed by atoms with van der Waals surface area (Å²) in [6, 6.07) is 51.3. The summed E-state index contributed by atoms with van der Waals surface area (Å²) in [5, 5.41) is 2.57. The van der Waals surface area contributed by atoms with Gasteiger partial charge in [-0.2, -0.15) is 0 Å². The van der Waals surface area contributed by atoms with Crippen LogP contribution in [0.1, 0.15) is 82.2 Å². The van der Waals surface area contributed by atoms with Gasteiger partial charge in [0.2, 0.25) is 0 Å². The highest BCUT2D eigenvalue weighted by atomic mass is 15.2. The summed E-state index contributed by atoms with van der Waals surface area (Å²) in [4.78, 5) is 5.36. The molecule has 0 radical (unpaired) electrons. The molecule has 0 fully saturated rings. The Bertz CT molecular complexity index is 2770. The van der Waals surface area contributed by atoms with Gasteiger partial charge in [-0.3, -0.25) is 0 Å². The number of aryl methyl sites for hydroxylation is 1. The second kappa shape index (κ2) is 11.0. The van der Waals surface area contributed by atoms with E-state index in [2.05, 4.69) is 192 Å². The molecule has 0 bridgehead atoms. The molecule has 4 aliphatic rings. The van der Waals surface area contributed by atoms with Crippen LogP contribution in [0.3, 0.4) is 0 Å². The minimum atomic E-state index is -0.200. The molecule has 0 atom stereocenters. The van der Waals surface area contributed by atoms with Gasteiger partial charge in [-0.25, -0.2) is 0 Å². The van der Waals surface area contributed by atoms with Crippen LogP contribution in [0, 0.1) is 6.92 Å². The molecule has 2 nitrogen and oxygen atoms in total. The van der Waals surface area contributed by atoms with Gasteiger partial charge in [0.25, 0.3) is 0 Å². The van der Waals surface area contributed by atoms with Gasteiger partial charge in [0, 0.05) is 33.7 Å². The minimum Gasteiger partial charge on any atom is -0.376 e. The van der Waals surface area contributed by atoms with E-state index in [0.29, 0.717) is 0 Å². The van der Waals surface area contributed by atoms with Gasteiger partial charge in [0.15, 0.2) is 0 Å². The normalized spacial score (nSPS) is 17.5. The number of rotatable bonds is 2. The Morgan fingerprint density at radius 2 is 1.18 bits per heavy atom. The van der Waals surface area contributed by atoms with E-state index in [0.717, 1.165) is 0 Å². The van der Waals surface area contributed by atoms with Gasteiger partial charge in [-0.1, -0.05) is 126 Å². The van der Waals surface area contributed by atoms with Crippen molar-refractivity contribution in [1.29, 1.82) is 0 Å². The SMILES string of the molecule is Cc1ccccc1-c1cc2c3c(c1)N1c4cc5ccccc5cc4C(C)(C)c4cccc(c41)B3N(c1ccccc1)c1cc3c(cc1-2)C(C)(C)CCC3(C)C. The molecule has 268 valence electrons. The van der Waals surface area contributed by atoms with Crippen LogP contribution in [0.25, 0.3) is 33.0 Å². The van der Waals surface area contributed by atoms with Gasteiger partial charge in [-0.05, 0) is 145 Å². The molecule has 3 aliphatic heterocycles. The molecule has 0 saturated heterocycles. The highest BCUT2D eigenvalue weighted by molar-refractivity contribution is 6.93. The van der Waals surface area contributed by atoms with Crippen LogP contribution < -0.4 is 20.6 Å². The molecular weight excluding hydrogens is 663 g/mol. The highest BCUT2D eigenvalue weighted by Gasteiger charge is 2.50. The van der Waals surface area contributed by atoms with Crippen molar-refractivity contribution in [3.63, 3.8) is 0 Å². The summed E-state index contributed by atoms with van der Waals surface area (Å²) in [6.45, 7) is 16.9. The van der Waals surface area contributed by atoms with Gasteiger partial charge >= 0.3 is 6.85 Å². The maximum atomic E-state index is 2.70. The zero-order valence-electron chi connectivity index (χ0n) is 33.1. The number of hydrogen-bond acceptors (Lipinski definition) is 2. The summed E-state index contributed by atoms with van der Waals surface area (Å²) in [5.41, 5.74) is 21.5. The van der Waals surface area contributed by atoms with Crippen molar-refractivity contribution in [3.8, 4) is 22.3 Å². The van der Waals surface area contributed by atoms with Gasteiger partial charge in [0.1, 0.15) is 0 Å². The summed E-state index contributed by atoms with van der Waals surface area (Å²) >= 11 is 0. The topological polar surface area (TPSA) is 6.48 Å². The van der Waals surface area contributed by atoms with E-state index in [1.807, 2.05) is 0 Å². The first kappa shape index (κ1) is 32.9. The summed E-state index contributed by atoms with van der Waals surface area (Å²) < 4.78 is 0. The van der Waals surface area contributed by atoms with E-state index in [1.54, 1.807) is 0 Å². The average molecular weight is 711 g/mol. The number of anilines is 5. The first-order chi connectivity index (χ1) is 26.4. The van der Waals surface area contributed by atoms with Crippen LogP contribution in [-0.4, -0.2) is 6.85 Å². The van der Waals surface area contributed by atoms with E-state index in [1.165, 1.54) is 113 Å². The lowest BCUT2D eigenvalue weighted by molar-refractivity contribution is 0.332. The Labute approximate surface area is 326 Å². The molecular formula is C52H47BN2. The van der Waals surface area contributed by atoms with Crippen molar-refractivity contribution >= 4 is 57.0 Å². The lowest BCUT2D eigenvalue weighted by Crippen LogP contribution is -2.62. The number of benzene rings is 7. The summed E-state index contributed by atoms with van der Waals surface area (Å²) in [7, 11) is 0. The van der Waals surface area contributed by atoms with Crippen molar-refractivity contribution in [1.82, 2.24) is 0 Å². The van der Waals surface area contributed by atoms with Crippen molar-refractivity contribution in [3.05, 3.63) is 161 Å². The molecule has 3 heteroatoms. The molecule has 3 heterocycles. The molecule has 1 aliphatic carbocycles. The fourth-order valence-corrected chi connectivity index (χ4v) is 10.8. The first-order valence-corrected chi connectivity index (χ1v) is 20.2. The van der Waals surface area contributed by atoms with Gasteiger partial charge in [0.05, 0.1) is 5.69 Å². The number of nitrogens with zero attached hydrogens (tertiary/aromatic N) is 2. The van der Waals surface area contributed by atoms with E-state index in [-0.39, 0.29) is 23.1 Å². The Morgan fingerprint density at radius 1 is 0.509 bits per heavy atom. The van der Waals surface area contributed by atoms with Crippen LogP contribution in [0.15, 0.2) is 133 Å². The summed E-state index contributed by atoms with van der Waals surface area (Å²) in [5.74, 6) is 0. The van der Waals surface area contributed by atoms with Gasteiger partial charge in [-0.15, -0.1) is 0 Å². The van der Waals surface area contributed by atoms with Crippen molar-refractivity contribution in [2.75, 3.05) is 9.71 Å². The third-order valence-electron chi connectivity index (χ3n) is 14.0. The third kappa shape index (κ3) is 4.44. The van der Waals surface area contributed by atoms with Crippen molar-refractivity contribution in [2.45, 2.75) is 77.6 Å².